The molecule has 0 spiro atoms. The summed E-state index contributed by atoms with van der Waals surface area (Å²) in [4.78, 5) is 11.3. The number of ether oxygens (including phenoxy) is 1. The summed E-state index contributed by atoms with van der Waals surface area (Å²) < 4.78 is 5.76. The smallest absolute Gasteiger partial charge is 0.307 e. The number of allylic oxidation sites excluding steroid dienone is 2. The Balaban J connectivity index is 2.06. The van der Waals surface area contributed by atoms with Gasteiger partial charge >= 0.3 is 5.97 Å². The Bertz CT molecular complexity index is 644. The molecule has 3 heteroatoms. The first kappa shape index (κ1) is 16.8. The van der Waals surface area contributed by atoms with E-state index in [4.69, 9.17) is 4.74 Å². The van der Waals surface area contributed by atoms with E-state index < -0.39 is 11.9 Å². The quantitative estimate of drug-likeness (QED) is 0.757. The molecule has 0 aliphatic heterocycles. The van der Waals surface area contributed by atoms with Crippen LogP contribution in [-0.2, 0) is 11.4 Å². The molecule has 0 saturated heterocycles. The van der Waals surface area contributed by atoms with Crippen molar-refractivity contribution < 1.29 is 14.6 Å². The lowest BCUT2D eigenvalue weighted by atomic mass is 9.87. The molecule has 0 radical (unpaired) electrons. The molecule has 2 atom stereocenters. The molecule has 0 heterocycles. The minimum atomic E-state index is -0.794. The summed E-state index contributed by atoms with van der Waals surface area (Å²) in [6.07, 6.45) is 3.82. The van der Waals surface area contributed by atoms with Crippen LogP contribution in [0.25, 0.3) is 0 Å². The number of hydrogen-bond acceptors (Lipinski definition) is 2. The standard InChI is InChI=1S/C20H22O3/c1-3-7-19(15(2)20(21)22)17-10-12-18(13-11-17)23-14-16-8-5-4-6-9-16/h3-13,15,19H,14H2,1-2H3,(H,21,22)/t15-,19+/m0/s1. The lowest BCUT2D eigenvalue weighted by molar-refractivity contribution is -0.141. The first-order valence-corrected chi connectivity index (χ1v) is 7.74. The van der Waals surface area contributed by atoms with Gasteiger partial charge in [-0.1, -0.05) is 61.5 Å². The van der Waals surface area contributed by atoms with E-state index in [-0.39, 0.29) is 5.92 Å². The second kappa shape index (κ2) is 8.18. The van der Waals surface area contributed by atoms with Gasteiger partial charge in [-0.3, -0.25) is 4.79 Å². The number of carboxylic acids is 1. The molecule has 0 unspecified atom stereocenters. The highest BCUT2D eigenvalue weighted by Crippen LogP contribution is 2.28. The maximum atomic E-state index is 11.3. The molecular formula is C20H22O3. The first-order valence-electron chi connectivity index (χ1n) is 7.74. The van der Waals surface area contributed by atoms with Gasteiger partial charge in [0, 0.05) is 5.92 Å². The highest BCUT2D eigenvalue weighted by molar-refractivity contribution is 5.71. The topological polar surface area (TPSA) is 46.5 Å². The zero-order chi connectivity index (χ0) is 16.7. The van der Waals surface area contributed by atoms with Crippen molar-refractivity contribution in [2.75, 3.05) is 0 Å². The predicted octanol–water partition coefficient (Wildman–Crippen LogP) is 4.65. The first-order chi connectivity index (χ1) is 11.1. The van der Waals surface area contributed by atoms with E-state index in [1.807, 2.05) is 73.7 Å². The van der Waals surface area contributed by atoms with E-state index >= 15 is 0 Å². The lowest BCUT2D eigenvalue weighted by Gasteiger charge is -2.18. The number of carbonyl (C=O) groups is 1. The number of rotatable bonds is 7. The SMILES string of the molecule is CC=C[C@@H](c1ccc(OCc2ccccc2)cc1)[C@H](C)C(=O)O. The molecule has 0 amide bonds. The van der Waals surface area contributed by atoms with Gasteiger partial charge in [0.05, 0.1) is 5.92 Å². The van der Waals surface area contributed by atoms with Crippen LogP contribution in [0.3, 0.4) is 0 Å². The Hall–Kier alpha value is -2.55. The van der Waals surface area contributed by atoms with Crippen LogP contribution in [0.15, 0.2) is 66.7 Å². The van der Waals surface area contributed by atoms with Gasteiger partial charge < -0.3 is 9.84 Å². The van der Waals surface area contributed by atoms with Gasteiger partial charge in [-0.15, -0.1) is 0 Å². The van der Waals surface area contributed by atoms with Crippen molar-refractivity contribution in [3.63, 3.8) is 0 Å². The maximum Gasteiger partial charge on any atom is 0.307 e. The fourth-order valence-electron chi connectivity index (χ4n) is 2.45. The molecule has 0 fully saturated rings. The zero-order valence-electron chi connectivity index (χ0n) is 13.5. The van der Waals surface area contributed by atoms with Gasteiger partial charge in [0.25, 0.3) is 0 Å². The summed E-state index contributed by atoms with van der Waals surface area (Å²) in [5.41, 5.74) is 2.09. The third kappa shape index (κ3) is 4.71. The Kier molecular flexibility index (Phi) is 5.98. The fraction of sp³-hybridized carbons (Fsp3) is 0.250. The van der Waals surface area contributed by atoms with Crippen molar-refractivity contribution in [1.82, 2.24) is 0 Å². The molecule has 2 rings (SSSR count). The molecule has 0 aliphatic carbocycles. The normalized spacial score (nSPS) is 13.7. The molecule has 0 aromatic heterocycles. The van der Waals surface area contributed by atoms with Crippen LogP contribution in [0.4, 0.5) is 0 Å². The summed E-state index contributed by atoms with van der Waals surface area (Å²) in [5, 5.41) is 9.25. The molecule has 23 heavy (non-hydrogen) atoms. The van der Waals surface area contributed by atoms with Crippen molar-refractivity contribution in [3.8, 4) is 5.75 Å². The molecule has 3 nitrogen and oxygen atoms in total. The zero-order valence-corrected chi connectivity index (χ0v) is 13.5. The molecule has 0 aliphatic rings. The van der Waals surface area contributed by atoms with Gasteiger partial charge in [0.15, 0.2) is 0 Å². The van der Waals surface area contributed by atoms with Crippen LogP contribution >= 0.6 is 0 Å². The molecule has 2 aromatic carbocycles. The molecule has 0 bridgehead atoms. The predicted molar refractivity (Wildman–Crippen MR) is 91.6 cm³/mol. The maximum absolute atomic E-state index is 11.3. The van der Waals surface area contributed by atoms with Crippen LogP contribution < -0.4 is 4.74 Å². The van der Waals surface area contributed by atoms with Gasteiger partial charge in [0.2, 0.25) is 0 Å². The molecule has 2 aromatic rings. The Labute approximate surface area is 137 Å². The summed E-state index contributed by atoms with van der Waals surface area (Å²) >= 11 is 0. The average Bonchev–Trinajstić information content (AvgIpc) is 2.58. The van der Waals surface area contributed by atoms with Crippen LogP contribution in [0.2, 0.25) is 0 Å². The third-order valence-electron chi connectivity index (χ3n) is 3.84. The van der Waals surface area contributed by atoms with E-state index in [0.717, 1.165) is 16.9 Å². The van der Waals surface area contributed by atoms with E-state index in [0.29, 0.717) is 6.61 Å². The number of benzene rings is 2. The van der Waals surface area contributed by atoms with Crippen LogP contribution in [0, 0.1) is 5.92 Å². The minimum Gasteiger partial charge on any atom is -0.489 e. The largest absolute Gasteiger partial charge is 0.489 e. The third-order valence-corrected chi connectivity index (χ3v) is 3.84. The lowest BCUT2D eigenvalue weighted by Crippen LogP contribution is -2.17. The molecule has 1 N–H and O–H groups in total. The number of aliphatic carboxylic acids is 1. The number of hydrogen-bond donors (Lipinski definition) is 1. The molecular weight excluding hydrogens is 288 g/mol. The van der Waals surface area contributed by atoms with Crippen molar-refractivity contribution in [1.29, 1.82) is 0 Å². The number of carboxylic acid groups (broad SMARTS) is 1. The van der Waals surface area contributed by atoms with Gasteiger partial charge in [-0.25, -0.2) is 0 Å². The van der Waals surface area contributed by atoms with Crippen molar-refractivity contribution in [2.24, 2.45) is 5.92 Å². The minimum absolute atomic E-state index is 0.138. The van der Waals surface area contributed by atoms with Crippen molar-refractivity contribution in [2.45, 2.75) is 26.4 Å². The monoisotopic (exact) mass is 310 g/mol. The average molecular weight is 310 g/mol. The second-order valence-corrected chi connectivity index (χ2v) is 5.52. The summed E-state index contributed by atoms with van der Waals surface area (Å²) in [6, 6.07) is 17.6. The van der Waals surface area contributed by atoms with E-state index in [1.165, 1.54) is 0 Å². The molecule has 0 saturated carbocycles. The Morgan fingerprint density at radius 3 is 2.35 bits per heavy atom. The fourth-order valence-corrected chi connectivity index (χ4v) is 2.45. The van der Waals surface area contributed by atoms with E-state index in [9.17, 15) is 9.90 Å². The highest BCUT2D eigenvalue weighted by Gasteiger charge is 2.22. The Morgan fingerprint density at radius 2 is 1.78 bits per heavy atom. The van der Waals surface area contributed by atoms with Crippen molar-refractivity contribution in [3.05, 3.63) is 77.9 Å². The summed E-state index contributed by atoms with van der Waals surface area (Å²) in [5.74, 6) is -0.625. The highest BCUT2D eigenvalue weighted by atomic mass is 16.5. The Morgan fingerprint density at radius 1 is 1.13 bits per heavy atom. The van der Waals surface area contributed by atoms with Crippen molar-refractivity contribution >= 4 is 5.97 Å². The summed E-state index contributed by atoms with van der Waals surface area (Å²) in [7, 11) is 0. The van der Waals surface area contributed by atoms with Crippen LogP contribution in [0.1, 0.15) is 30.9 Å². The second-order valence-electron chi connectivity index (χ2n) is 5.52. The van der Waals surface area contributed by atoms with E-state index in [1.54, 1.807) is 6.92 Å². The van der Waals surface area contributed by atoms with Crippen LogP contribution in [-0.4, -0.2) is 11.1 Å². The van der Waals surface area contributed by atoms with Crippen LogP contribution in [0.5, 0.6) is 5.75 Å². The van der Waals surface area contributed by atoms with E-state index in [2.05, 4.69) is 0 Å². The molecule has 120 valence electrons. The van der Waals surface area contributed by atoms with Gasteiger partial charge in [0.1, 0.15) is 12.4 Å². The summed E-state index contributed by atoms with van der Waals surface area (Å²) in [6.45, 7) is 4.15. The van der Waals surface area contributed by atoms with Gasteiger partial charge in [-0.2, -0.15) is 0 Å². The van der Waals surface area contributed by atoms with Gasteiger partial charge in [-0.05, 0) is 30.2 Å².